The molecule has 0 saturated carbocycles. The van der Waals surface area contributed by atoms with E-state index in [4.69, 9.17) is 0 Å². The fraction of sp³-hybridized carbons (Fsp3) is 0.875. The van der Waals surface area contributed by atoms with E-state index in [2.05, 4.69) is 17.6 Å². The molecule has 2 saturated heterocycles. The lowest BCUT2D eigenvalue weighted by molar-refractivity contribution is -0.143. The number of hydrogen-bond acceptors (Lipinski definition) is 3. The molecule has 3 unspecified atom stereocenters. The second-order valence-corrected chi connectivity index (χ2v) is 6.50. The number of piperidine rings is 2. The van der Waals surface area contributed by atoms with Crippen LogP contribution in [0.5, 0.6) is 0 Å². The quantitative estimate of drug-likeness (QED) is 0.822. The minimum Gasteiger partial charge on any atom is -0.357 e. The molecule has 2 aliphatic rings. The van der Waals surface area contributed by atoms with Crippen molar-refractivity contribution in [1.29, 1.82) is 0 Å². The first-order valence-electron chi connectivity index (χ1n) is 8.35. The minimum absolute atomic E-state index is 0. The molecular formula is C16H30ClN3O2. The number of rotatable bonds is 4. The van der Waals surface area contributed by atoms with Crippen LogP contribution in [-0.4, -0.2) is 49.4 Å². The van der Waals surface area contributed by atoms with Crippen LogP contribution in [0, 0.1) is 11.8 Å². The van der Waals surface area contributed by atoms with Gasteiger partial charge in [0.1, 0.15) is 6.04 Å². The summed E-state index contributed by atoms with van der Waals surface area (Å²) in [6, 6.07) is -0.257. The number of likely N-dealkylation sites (tertiary alicyclic amines) is 1. The average Bonchev–Trinajstić information content (AvgIpc) is 2.54. The summed E-state index contributed by atoms with van der Waals surface area (Å²) in [5, 5.41) is 6.11. The lowest BCUT2D eigenvalue weighted by Crippen LogP contribution is -2.51. The SMILES string of the molecule is CNC(=O)C1CCCCN1C(=O)CC(C)C1CCCNC1.Cl. The Balaban J connectivity index is 0.00000242. The molecule has 128 valence electrons. The summed E-state index contributed by atoms with van der Waals surface area (Å²) in [4.78, 5) is 26.4. The van der Waals surface area contributed by atoms with Crippen LogP contribution >= 0.6 is 12.4 Å². The van der Waals surface area contributed by atoms with Gasteiger partial charge in [0.15, 0.2) is 0 Å². The second-order valence-electron chi connectivity index (χ2n) is 6.50. The topological polar surface area (TPSA) is 61.4 Å². The molecule has 22 heavy (non-hydrogen) atoms. The van der Waals surface area contributed by atoms with Crippen molar-refractivity contribution in [2.45, 2.75) is 51.5 Å². The maximum Gasteiger partial charge on any atom is 0.242 e. The molecule has 0 aromatic heterocycles. The highest BCUT2D eigenvalue weighted by molar-refractivity contribution is 5.87. The number of nitrogens with one attached hydrogen (secondary N) is 2. The first-order valence-corrected chi connectivity index (χ1v) is 8.35. The number of nitrogens with zero attached hydrogens (tertiary/aromatic N) is 1. The highest BCUT2D eigenvalue weighted by Gasteiger charge is 2.33. The molecule has 0 radical (unpaired) electrons. The Labute approximate surface area is 140 Å². The van der Waals surface area contributed by atoms with Crippen molar-refractivity contribution in [2.24, 2.45) is 11.8 Å². The molecule has 0 bridgehead atoms. The molecular weight excluding hydrogens is 302 g/mol. The van der Waals surface area contributed by atoms with Crippen molar-refractivity contribution < 1.29 is 9.59 Å². The van der Waals surface area contributed by atoms with E-state index in [1.54, 1.807) is 7.05 Å². The van der Waals surface area contributed by atoms with Crippen molar-refractivity contribution in [3.63, 3.8) is 0 Å². The van der Waals surface area contributed by atoms with Crippen molar-refractivity contribution in [1.82, 2.24) is 15.5 Å². The molecule has 2 N–H and O–H groups in total. The normalized spacial score (nSPS) is 26.7. The van der Waals surface area contributed by atoms with Gasteiger partial charge >= 0.3 is 0 Å². The molecule has 0 aromatic carbocycles. The standard InChI is InChI=1S/C16H29N3O2.ClH/c1-12(13-6-5-8-18-11-13)10-15(20)19-9-4-3-7-14(19)16(21)17-2;/h12-14,18H,3-11H2,1-2H3,(H,17,21);1H. The fourth-order valence-electron chi connectivity index (χ4n) is 3.59. The number of likely N-dealkylation sites (N-methyl/N-ethyl adjacent to an activating group) is 1. The van der Waals surface area contributed by atoms with Gasteiger partial charge < -0.3 is 15.5 Å². The molecule has 2 aliphatic heterocycles. The molecule has 0 aromatic rings. The molecule has 0 spiro atoms. The van der Waals surface area contributed by atoms with Crippen molar-refractivity contribution in [3.8, 4) is 0 Å². The van der Waals surface area contributed by atoms with Gasteiger partial charge in [0, 0.05) is 20.0 Å². The highest BCUT2D eigenvalue weighted by Crippen LogP contribution is 2.25. The van der Waals surface area contributed by atoms with Crippen molar-refractivity contribution in [3.05, 3.63) is 0 Å². The number of halogens is 1. The summed E-state index contributed by atoms with van der Waals surface area (Å²) >= 11 is 0. The van der Waals surface area contributed by atoms with E-state index in [0.29, 0.717) is 18.3 Å². The van der Waals surface area contributed by atoms with E-state index in [1.165, 1.54) is 12.8 Å². The Morgan fingerprint density at radius 2 is 2.05 bits per heavy atom. The van der Waals surface area contributed by atoms with Gasteiger partial charge in [-0.15, -0.1) is 12.4 Å². The average molecular weight is 332 g/mol. The number of carbonyl (C=O) groups excluding carboxylic acids is 2. The third kappa shape index (κ3) is 4.85. The summed E-state index contributed by atoms with van der Waals surface area (Å²) in [5.74, 6) is 1.11. The van der Waals surface area contributed by atoms with E-state index in [-0.39, 0.29) is 30.3 Å². The van der Waals surface area contributed by atoms with Crippen molar-refractivity contribution >= 4 is 24.2 Å². The summed E-state index contributed by atoms with van der Waals surface area (Å²) < 4.78 is 0. The summed E-state index contributed by atoms with van der Waals surface area (Å²) in [6.45, 7) is 5.02. The maximum atomic E-state index is 12.6. The lowest BCUT2D eigenvalue weighted by Gasteiger charge is -2.36. The lowest BCUT2D eigenvalue weighted by atomic mass is 9.85. The highest BCUT2D eigenvalue weighted by atomic mass is 35.5. The van der Waals surface area contributed by atoms with Gasteiger partial charge in [-0.1, -0.05) is 6.92 Å². The van der Waals surface area contributed by atoms with Crippen LogP contribution in [-0.2, 0) is 9.59 Å². The molecule has 0 aliphatic carbocycles. The predicted octanol–water partition coefficient (Wildman–Crippen LogP) is 1.56. The van der Waals surface area contributed by atoms with Crippen molar-refractivity contribution in [2.75, 3.05) is 26.7 Å². The number of carbonyl (C=O) groups is 2. The Morgan fingerprint density at radius 1 is 1.27 bits per heavy atom. The molecule has 2 heterocycles. The molecule has 2 rings (SSSR count). The van der Waals surface area contributed by atoms with Crippen LogP contribution in [0.2, 0.25) is 0 Å². The smallest absolute Gasteiger partial charge is 0.242 e. The van der Waals surface area contributed by atoms with Gasteiger partial charge in [-0.3, -0.25) is 9.59 Å². The molecule has 2 amide bonds. The van der Waals surface area contributed by atoms with E-state index in [9.17, 15) is 9.59 Å². The van der Waals surface area contributed by atoms with Gasteiger partial charge in [-0.2, -0.15) is 0 Å². The van der Waals surface area contributed by atoms with Gasteiger partial charge in [0.25, 0.3) is 0 Å². The van der Waals surface area contributed by atoms with E-state index >= 15 is 0 Å². The Kier molecular flexibility index (Phi) is 8.18. The monoisotopic (exact) mass is 331 g/mol. The third-order valence-corrected chi connectivity index (χ3v) is 5.01. The first-order chi connectivity index (χ1) is 10.1. The van der Waals surface area contributed by atoms with E-state index < -0.39 is 0 Å². The van der Waals surface area contributed by atoms with Crippen LogP contribution in [0.3, 0.4) is 0 Å². The minimum atomic E-state index is -0.257. The largest absolute Gasteiger partial charge is 0.357 e. The van der Waals surface area contributed by atoms with Crippen LogP contribution in [0.15, 0.2) is 0 Å². The van der Waals surface area contributed by atoms with Gasteiger partial charge in [0.05, 0.1) is 0 Å². The summed E-state index contributed by atoms with van der Waals surface area (Å²) in [7, 11) is 1.65. The van der Waals surface area contributed by atoms with Crippen LogP contribution < -0.4 is 10.6 Å². The maximum absolute atomic E-state index is 12.6. The second kappa shape index (κ2) is 9.36. The first kappa shape index (κ1) is 19.2. The van der Waals surface area contributed by atoms with Gasteiger partial charge in [-0.05, 0) is 57.0 Å². The Hall–Kier alpha value is -0.810. The summed E-state index contributed by atoms with van der Waals surface area (Å²) in [6.07, 6.45) is 5.82. The fourth-order valence-corrected chi connectivity index (χ4v) is 3.59. The van der Waals surface area contributed by atoms with Gasteiger partial charge in [-0.25, -0.2) is 0 Å². The molecule has 6 heteroatoms. The van der Waals surface area contributed by atoms with Crippen LogP contribution in [0.4, 0.5) is 0 Å². The van der Waals surface area contributed by atoms with Crippen LogP contribution in [0.1, 0.15) is 45.4 Å². The van der Waals surface area contributed by atoms with E-state index in [1.807, 2.05) is 4.90 Å². The zero-order chi connectivity index (χ0) is 15.2. The van der Waals surface area contributed by atoms with Crippen LogP contribution in [0.25, 0.3) is 0 Å². The summed E-state index contributed by atoms with van der Waals surface area (Å²) in [5.41, 5.74) is 0. The Bertz CT molecular complexity index is 372. The predicted molar refractivity (Wildman–Crippen MR) is 90.0 cm³/mol. The number of amides is 2. The number of hydrogen-bond donors (Lipinski definition) is 2. The molecule has 2 fully saturated rings. The molecule has 3 atom stereocenters. The zero-order valence-corrected chi connectivity index (χ0v) is 14.6. The van der Waals surface area contributed by atoms with E-state index in [0.717, 1.165) is 38.9 Å². The third-order valence-electron chi connectivity index (χ3n) is 5.01. The zero-order valence-electron chi connectivity index (χ0n) is 13.8. The Morgan fingerprint density at radius 3 is 2.68 bits per heavy atom. The van der Waals surface area contributed by atoms with Gasteiger partial charge in [0.2, 0.25) is 11.8 Å². The molecule has 5 nitrogen and oxygen atoms in total.